The third-order valence-electron chi connectivity index (χ3n) is 5.20. The van der Waals surface area contributed by atoms with E-state index in [1.165, 1.54) is 0 Å². The van der Waals surface area contributed by atoms with Crippen LogP contribution in [0.5, 0.6) is 0 Å². The molecule has 2 aliphatic heterocycles. The molecule has 3 rings (SSSR count). The van der Waals surface area contributed by atoms with Gasteiger partial charge in [0.05, 0.1) is 6.54 Å². The fraction of sp³-hybridized carbons (Fsp3) is 0.824. The Hall–Kier alpha value is -1.28. The van der Waals surface area contributed by atoms with Gasteiger partial charge in [-0.1, -0.05) is 6.92 Å². The van der Waals surface area contributed by atoms with Gasteiger partial charge < -0.3 is 15.4 Å². The number of thioether (sulfide) groups is 1. The topological polar surface area (TPSA) is 76.4 Å². The Morgan fingerprint density at radius 1 is 1.44 bits per heavy atom. The van der Waals surface area contributed by atoms with Gasteiger partial charge in [-0.25, -0.2) is 9.67 Å². The summed E-state index contributed by atoms with van der Waals surface area (Å²) < 4.78 is 7.82. The molecule has 2 N–H and O–H groups in total. The molecule has 8 heteroatoms. The lowest BCUT2D eigenvalue weighted by molar-refractivity contribution is 0.0782. The standard InChI is InChI=1S/C17H30N6OS/c1-4-14-21-15-6-5-13(11-23(15)22-14)20-16(18-2)19-12-17(25-3)7-9-24-10-8-17/h13H,4-12H2,1-3H3,(H2,18,19,20). The quantitative estimate of drug-likeness (QED) is 0.603. The van der Waals surface area contributed by atoms with E-state index >= 15 is 0 Å². The Labute approximate surface area is 154 Å². The number of hydrogen-bond donors (Lipinski definition) is 2. The minimum atomic E-state index is 0.248. The van der Waals surface area contributed by atoms with Crippen LogP contribution in [0, 0.1) is 0 Å². The maximum Gasteiger partial charge on any atom is 0.191 e. The summed E-state index contributed by atoms with van der Waals surface area (Å²) >= 11 is 1.94. The fourth-order valence-corrected chi connectivity index (χ4v) is 4.25. The van der Waals surface area contributed by atoms with E-state index in [1.807, 2.05) is 18.8 Å². The van der Waals surface area contributed by atoms with Crippen LogP contribution in [0.1, 0.15) is 37.8 Å². The molecule has 7 nitrogen and oxygen atoms in total. The number of rotatable bonds is 5. The monoisotopic (exact) mass is 366 g/mol. The highest BCUT2D eigenvalue weighted by atomic mass is 32.2. The van der Waals surface area contributed by atoms with E-state index < -0.39 is 0 Å². The summed E-state index contributed by atoms with van der Waals surface area (Å²) in [6.45, 7) is 5.57. The molecular formula is C17H30N6OS. The first-order chi connectivity index (χ1) is 12.2. The normalized spacial score (nSPS) is 23.2. The molecule has 0 bridgehead atoms. The van der Waals surface area contributed by atoms with Crippen LogP contribution in [0.25, 0.3) is 0 Å². The summed E-state index contributed by atoms with van der Waals surface area (Å²) in [5.41, 5.74) is 0. The maximum atomic E-state index is 5.52. The predicted octanol–water partition coefficient (Wildman–Crippen LogP) is 1.23. The number of aromatic nitrogens is 3. The second-order valence-corrected chi connectivity index (χ2v) is 8.06. The highest BCUT2D eigenvalue weighted by Crippen LogP contribution is 2.32. The zero-order valence-electron chi connectivity index (χ0n) is 15.5. The van der Waals surface area contributed by atoms with Crippen LogP contribution < -0.4 is 10.6 Å². The highest BCUT2D eigenvalue weighted by molar-refractivity contribution is 8.00. The van der Waals surface area contributed by atoms with Crippen LogP contribution in [0.15, 0.2) is 4.99 Å². The Balaban J connectivity index is 1.54. The number of aryl methyl sites for hydroxylation is 2. The van der Waals surface area contributed by atoms with Crippen molar-refractivity contribution >= 4 is 17.7 Å². The highest BCUT2D eigenvalue weighted by Gasteiger charge is 2.32. The molecule has 1 aromatic heterocycles. The molecule has 0 amide bonds. The van der Waals surface area contributed by atoms with Crippen LogP contribution >= 0.6 is 11.8 Å². The number of ether oxygens (including phenoxy) is 1. The van der Waals surface area contributed by atoms with Gasteiger partial charge in [0.1, 0.15) is 5.82 Å². The predicted molar refractivity (Wildman–Crippen MR) is 102 cm³/mol. The first-order valence-electron chi connectivity index (χ1n) is 9.20. The van der Waals surface area contributed by atoms with Crippen LogP contribution in [0.2, 0.25) is 0 Å². The number of fused-ring (bicyclic) bond motifs is 1. The Morgan fingerprint density at radius 3 is 2.92 bits per heavy atom. The van der Waals surface area contributed by atoms with Crippen molar-refractivity contribution in [1.82, 2.24) is 25.4 Å². The molecule has 0 radical (unpaired) electrons. The van der Waals surface area contributed by atoms with E-state index in [2.05, 4.69) is 43.6 Å². The summed E-state index contributed by atoms with van der Waals surface area (Å²) in [7, 11) is 1.84. The zero-order chi connectivity index (χ0) is 17.7. The smallest absolute Gasteiger partial charge is 0.191 e. The summed E-state index contributed by atoms with van der Waals surface area (Å²) in [6.07, 6.45) is 7.29. The SMILES string of the molecule is CCc1nc2n(n1)CC(NC(=NC)NCC1(SC)CCOCC1)CC2. The number of nitrogens with one attached hydrogen (secondary N) is 2. The average molecular weight is 367 g/mol. The van der Waals surface area contributed by atoms with Crippen molar-refractivity contribution in [3.05, 3.63) is 11.6 Å². The van der Waals surface area contributed by atoms with Gasteiger partial charge in [-0.2, -0.15) is 16.9 Å². The molecule has 0 saturated carbocycles. The molecule has 3 heterocycles. The molecule has 25 heavy (non-hydrogen) atoms. The number of guanidine groups is 1. The molecule has 1 unspecified atom stereocenters. The largest absolute Gasteiger partial charge is 0.381 e. The molecule has 0 aliphatic carbocycles. The van der Waals surface area contributed by atoms with Gasteiger partial charge >= 0.3 is 0 Å². The van der Waals surface area contributed by atoms with Crippen LogP contribution in [0.3, 0.4) is 0 Å². The third kappa shape index (κ3) is 4.47. The first kappa shape index (κ1) is 18.5. The van der Waals surface area contributed by atoms with Crippen molar-refractivity contribution in [2.45, 2.75) is 56.4 Å². The molecule has 1 atom stereocenters. The molecule has 1 fully saturated rings. The van der Waals surface area contributed by atoms with Crippen molar-refractivity contribution in [2.24, 2.45) is 4.99 Å². The van der Waals surface area contributed by atoms with Crippen LogP contribution in [-0.4, -0.2) is 64.6 Å². The Morgan fingerprint density at radius 2 is 2.24 bits per heavy atom. The fourth-order valence-electron chi connectivity index (χ4n) is 3.46. The second kappa shape index (κ2) is 8.40. The molecule has 1 aromatic rings. The Bertz CT molecular complexity index is 596. The Kier molecular flexibility index (Phi) is 6.22. The van der Waals surface area contributed by atoms with Gasteiger partial charge in [0.25, 0.3) is 0 Å². The van der Waals surface area contributed by atoms with Crippen molar-refractivity contribution in [3.8, 4) is 0 Å². The molecule has 1 saturated heterocycles. The minimum absolute atomic E-state index is 0.248. The van der Waals surface area contributed by atoms with Gasteiger partial charge in [-0.05, 0) is 25.5 Å². The van der Waals surface area contributed by atoms with Crippen LogP contribution in [0.4, 0.5) is 0 Å². The maximum absolute atomic E-state index is 5.52. The van der Waals surface area contributed by atoms with Gasteiger partial charge in [0.2, 0.25) is 0 Å². The average Bonchev–Trinajstić information content (AvgIpc) is 3.08. The number of hydrogen-bond acceptors (Lipinski definition) is 5. The van der Waals surface area contributed by atoms with E-state index in [0.29, 0.717) is 6.04 Å². The third-order valence-corrected chi connectivity index (χ3v) is 6.62. The molecule has 0 spiro atoms. The van der Waals surface area contributed by atoms with Crippen LogP contribution in [-0.2, 0) is 24.1 Å². The van der Waals surface area contributed by atoms with Gasteiger partial charge in [0.15, 0.2) is 11.8 Å². The number of aliphatic imine (C=N–C) groups is 1. The second-order valence-electron chi connectivity index (χ2n) is 6.79. The lowest BCUT2D eigenvalue weighted by atomic mass is 9.99. The summed E-state index contributed by atoms with van der Waals surface area (Å²) in [4.78, 5) is 9.00. The van der Waals surface area contributed by atoms with E-state index in [0.717, 1.165) is 76.0 Å². The lowest BCUT2D eigenvalue weighted by Crippen LogP contribution is -2.51. The van der Waals surface area contributed by atoms with E-state index in [9.17, 15) is 0 Å². The number of nitrogens with zero attached hydrogens (tertiary/aromatic N) is 4. The van der Waals surface area contributed by atoms with Crippen molar-refractivity contribution in [2.75, 3.05) is 33.1 Å². The molecule has 0 aromatic carbocycles. The van der Waals surface area contributed by atoms with Crippen molar-refractivity contribution in [1.29, 1.82) is 0 Å². The summed E-state index contributed by atoms with van der Waals surface area (Å²) in [6, 6.07) is 0.338. The van der Waals surface area contributed by atoms with E-state index in [1.54, 1.807) is 0 Å². The summed E-state index contributed by atoms with van der Waals surface area (Å²) in [5, 5.41) is 11.7. The van der Waals surface area contributed by atoms with E-state index in [-0.39, 0.29) is 4.75 Å². The van der Waals surface area contributed by atoms with Crippen molar-refractivity contribution < 1.29 is 4.74 Å². The van der Waals surface area contributed by atoms with Crippen molar-refractivity contribution in [3.63, 3.8) is 0 Å². The molecule has 140 valence electrons. The van der Waals surface area contributed by atoms with Gasteiger partial charge in [0, 0.05) is 50.4 Å². The first-order valence-corrected chi connectivity index (χ1v) is 10.4. The molecular weight excluding hydrogens is 336 g/mol. The summed E-state index contributed by atoms with van der Waals surface area (Å²) in [5.74, 6) is 2.94. The zero-order valence-corrected chi connectivity index (χ0v) is 16.4. The van der Waals surface area contributed by atoms with E-state index in [4.69, 9.17) is 4.74 Å². The lowest BCUT2D eigenvalue weighted by Gasteiger charge is -2.36. The molecule has 2 aliphatic rings. The minimum Gasteiger partial charge on any atom is -0.381 e. The van der Waals surface area contributed by atoms with Gasteiger partial charge in [-0.3, -0.25) is 4.99 Å². The van der Waals surface area contributed by atoms with Gasteiger partial charge in [-0.15, -0.1) is 0 Å².